The van der Waals surface area contributed by atoms with E-state index >= 15 is 0 Å². The number of aliphatic imine (C=N–C) groups is 1. The summed E-state index contributed by atoms with van der Waals surface area (Å²) >= 11 is 9.62. The molecule has 2 aromatic carbocycles. The molecule has 3 aromatic rings. The first-order valence-corrected chi connectivity index (χ1v) is 8.77. The highest BCUT2D eigenvalue weighted by molar-refractivity contribution is 9.10. The molecule has 24 heavy (non-hydrogen) atoms. The average molecular weight is 402 g/mol. The lowest BCUT2D eigenvalue weighted by Gasteiger charge is -2.13. The van der Waals surface area contributed by atoms with Gasteiger partial charge in [-0.2, -0.15) is 0 Å². The number of hydrogen-bond donors (Lipinski definition) is 0. The minimum Gasteiger partial charge on any atom is -0.281 e. The Bertz CT molecular complexity index is 960. The molecule has 1 aliphatic rings. The second-order valence-electron chi connectivity index (χ2n) is 5.76. The van der Waals surface area contributed by atoms with Gasteiger partial charge in [0, 0.05) is 20.6 Å². The summed E-state index contributed by atoms with van der Waals surface area (Å²) in [6.07, 6.45) is 0. The monoisotopic (exact) mass is 400 g/mol. The van der Waals surface area contributed by atoms with Gasteiger partial charge in [-0.1, -0.05) is 39.7 Å². The molecule has 0 bridgehead atoms. The van der Waals surface area contributed by atoms with Crippen LogP contribution in [0.5, 0.6) is 0 Å². The second-order valence-corrected chi connectivity index (χ2v) is 7.11. The maximum Gasteiger partial charge on any atom is 0.162 e. The van der Waals surface area contributed by atoms with Crippen molar-refractivity contribution >= 4 is 33.2 Å². The molecule has 0 saturated heterocycles. The van der Waals surface area contributed by atoms with Gasteiger partial charge in [0.25, 0.3) is 0 Å². The van der Waals surface area contributed by atoms with Crippen molar-refractivity contribution < 1.29 is 0 Å². The minimum atomic E-state index is -0.0944. The molecule has 1 atom stereocenters. The van der Waals surface area contributed by atoms with Crippen molar-refractivity contribution in [2.45, 2.75) is 19.9 Å². The van der Waals surface area contributed by atoms with Gasteiger partial charge < -0.3 is 0 Å². The zero-order valence-electron chi connectivity index (χ0n) is 13.2. The summed E-state index contributed by atoms with van der Waals surface area (Å²) in [5.74, 6) is 1.70. The van der Waals surface area contributed by atoms with Crippen molar-refractivity contribution in [3.8, 4) is 5.69 Å². The van der Waals surface area contributed by atoms with Crippen LogP contribution in [0.2, 0.25) is 5.02 Å². The summed E-state index contributed by atoms with van der Waals surface area (Å²) in [7, 11) is 0. The van der Waals surface area contributed by atoms with Gasteiger partial charge in [0.05, 0.1) is 11.4 Å². The number of hydrogen-bond acceptors (Lipinski definition) is 3. The Morgan fingerprint density at radius 3 is 2.58 bits per heavy atom. The molecule has 2 heterocycles. The Labute approximate surface area is 153 Å². The normalized spacial score (nSPS) is 16.2. The van der Waals surface area contributed by atoms with Crippen LogP contribution in [0.4, 0.5) is 0 Å². The van der Waals surface area contributed by atoms with Crippen molar-refractivity contribution in [3.63, 3.8) is 0 Å². The molecule has 4 rings (SSSR count). The Morgan fingerprint density at radius 1 is 1.08 bits per heavy atom. The lowest BCUT2D eigenvalue weighted by molar-refractivity contribution is 0.721. The Morgan fingerprint density at radius 2 is 1.83 bits per heavy atom. The fourth-order valence-corrected chi connectivity index (χ4v) is 3.49. The second kappa shape index (κ2) is 5.83. The number of halogens is 2. The summed E-state index contributed by atoms with van der Waals surface area (Å²) in [6, 6.07) is 13.9. The predicted octanol–water partition coefficient (Wildman–Crippen LogP) is 4.90. The van der Waals surface area contributed by atoms with Crippen molar-refractivity contribution in [1.82, 2.24) is 14.8 Å². The van der Waals surface area contributed by atoms with Crippen LogP contribution in [-0.4, -0.2) is 20.5 Å². The first-order valence-electron chi connectivity index (χ1n) is 7.60. The summed E-state index contributed by atoms with van der Waals surface area (Å²) in [5, 5.41) is 9.28. The van der Waals surface area contributed by atoms with E-state index < -0.39 is 0 Å². The highest BCUT2D eigenvalue weighted by Crippen LogP contribution is 2.32. The van der Waals surface area contributed by atoms with Crippen LogP contribution in [0.1, 0.15) is 35.7 Å². The fraction of sp³-hybridized carbons (Fsp3) is 0.167. The predicted molar refractivity (Wildman–Crippen MR) is 99.3 cm³/mol. The molecule has 0 saturated carbocycles. The number of aromatic nitrogens is 3. The van der Waals surface area contributed by atoms with E-state index in [9.17, 15) is 0 Å². The van der Waals surface area contributed by atoms with E-state index in [1.807, 2.05) is 44.2 Å². The summed E-state index contributed by atoms with van der Waals surface area (Å²) in [5.41, 5.74) is 4.04. The third-order valence-electron chi connectivity index (χ3n) is 4.12. The van der Waals surface area contributed by atoms with Crippen LogP contribution in [0.3, 0.4) is 0 Å². The SMILES string of the molecule is Cc1nnc2n1-c1ccc(Br)cc1C(c1ccc(Cl)cc1)=N[C@H]2C. The van der Waals surface area contributed by atoms with Crippen LogP contribution >= 0.6 is 27.5 Å². The van der Waals surface area contributed by atoms with Gasteiger partial charge in [-0.05, 0) is 44.2 Å². The van der Waals surface area contributed by atoms with Gasteiger partial charge in [0.2, 0.25) is 0 Å². The van der Waals surface area contributed by atoms with E-state index in [1.165, 1.54) is 0 Å². The van der Waals surface area contributed by atoms with E-state index in [4.69, 9.17) is 16.6 Å². The fourth-order valence-electron chi connectivity index (χ4n) is 3.00. The molecule has 0 radical (unpaired) electrons. The molecular formula is C18H14BrClN4. The van der Waals surface area contributed by atoms with Crippen LogP contribution in [0, 0.1) is 6.92 Å². The van der Waals surface area contributed by atoms with Gasteiger partial charge in [0.15, 0.2) is 5.82 Å². The molecule has 0 N–H and O–H groups in total. The zero-order valence-corrected chi connectivity index (χ0v) is 15.5. The quantitative estimate of drug-likeness (QED) is 0.582. The van der Waals surface area contributed by atoms with E-state index in [0.29, 0.717) is 5.02 Å². The van der Waals surface area contributed by atoms with E-state index in [2.05, 4.69) is 42.8 Å². The van der Waals surface area contributed by atoms with Crippen LogP contribution in [0.15, 0.2) is 51.9 Å². The molecule has 0 aliphatic carbocycles. The molecule has 0 fully saturated rings. The number of aryl methyl sites for hydroxylation is 1. The highest BCUT2D eigenvalue weighted by Gasteiger charge is 2.25. The molecule has 0 unspecified atom stereocenters. The standard InChI is InChI=1S/C18H14BrClN4/c1-10-18-23-22-11(2)24(18)16-8-5-13(19)9-15(16)17(21-10)12-3-6-14(20)7-4-12/h3-10H,1-2H3/t10-/m0/s1. The Kier molecular flexibility index (Phi) is 3.77. The molecule has 0 amide bonds. The summed E-state index contributed by atoms with van der Waals surface area (Å²) in [4.78, 5) is 4.94. The lowest BCUT2D eigenvalue weighted by Crippen LogP contribution is -2.08. The smallest absolute Gasteiger partial charge is 0.162 e. The number of fused-ring (bicyclic) bond motifs is 3. The first-order chi connectivity index (χ1) is 11.5. The molecule has 1 aromatic heterocycles. The minimum absolute atomic E-state index is 0.0944. The molecule has 120 valence electrons. The zero-order chi connectivity index (χ0) is 16.8. The maximum absolute atomic E-state index is 6.04. The van der Waals surface area contributed by atoms with E-state index in [1.54, 1.807) is 0 Å². The third kappa shape index (κ3) is 2.48. The lowest BCUT2D eigenvalue weighted by atomic mass is 10.0. The third-order valence-corrected chi connectivity index (χ3v) is 4.86. The molecule has 4 nitrogen and oxygen atoms in total. The summed E-state index contributed by atoms with van der Waals surface area (Å²) in [6.45, 7) is 4.00. The number of benzene rings is 2. The molecular weight excluding hydrogens is 388 g/mol. The van der Waals surface area contributed by atoms with E-state index in [-0.39, 0.29) is 6.04 Å². The van der Waals surface area contributed by atoms with Crippen LogP contribution < -0.4 is 0 Å². The summed E-state index contributed by atoms with van der Waals surface area (Å²) < 4.78 is 3.09. The van der Waals surface area contributed by atoms with Gasteiger partial charge in [0.1, 0.15) is 11.9 Å². The maximum atomic E-state index is 6.04. The first kappa shape index (κ1) is 15.5. The van der Waals surface area contributed by atoms with Gasteiger partial charge in [-0.15, -0.1) is 10.2 Å². The largest absolute Gasteiger partial charge is 0.281 e. The topological polar surface area (TPSA) is 43.1 Å². The number of rotatable bonds is 1. The van der Waals surface area contributed by atoms with Gasteiger partial charge in [-0.25, -0.2) is 0 Å². The average Bonchev–Trinajstić information content (AvgIpc) is 2.89. The van der Waals surface area contributed by atoms with Crippen molar-refractivity contribution in [2.75, 3.05) is 0 Å². The van der Waals surface area contributed by atoms with Crippen LogP contribution in [0.25, 0.3) is 5.69 Å². The molecule has 6 heteroatoms. The highest BCUT2D eigenvalue weighted by atomic mass is 79.9. The number of nitrogens with zero attached hydrogens (tertiary/aromatic N) is 4. The van der Waals surface area contributed by atoms with E-state index in [0.717, 1.165) is 38.6 Å². The Hall–Kier alpha value is -1.98. The van der Waals surface area contributed by atoms with Gasteiger partial charge in [-0.3, -0.25) is 9.56 Å². The Balaban J connectivity index is 2.02. The molecule has 1 aliphatic heterocycles. The van der Waals surface area contributed by atoms with Crippen molar-refractivity contribution in [1.29, 1.82) is 0 Å². The molecule has 0 spiro atoms. The van der Waals surface area contributed by atoms with Crippen molar-refractivity contribution in [2.24, 2.45) is 4.99 Å². The van der Waals surface area contributed by atoms with Crippen molar-refractivity contribution in [3.05, 3.63) is 74.7 Å². The van der Waals surface area contributed by atoms with Gasteiger partial charge >= 0.3 is 0 Å². The van der Waals surface area contributed by atoms with Crippen LogP contribution in [-0.2, 0) is 0 Å².